The van der Waals surface area contributed by atoms with E-state index in [4.69, 9.17) is 32.9 Å². The van der Waals surface area contributed by atoms with E-state index < -0.39 is 11.7 Å². The van der Waals surface area contributed by atoms with Gasteiger partial charge in [0.15, 0.2) is 0 Å². The highest BCUT2D eigenvalue weighted by Crippen LogP contribution is 2.47. The number of alkyl halides is 1. The van der Waals surface area contributed by atoms with Crippen molar-refractivity contribution in [1.29, 1.82) is 5.26 Å². The molecule has 46 heavy (non-hydrogen) atoms. The molecule has 4 atom stereocenters. The summed E-state index contributed by atoms with van der Waals surface area (Å²) in [6.07, 6.45) is 3.49. The smallest absolute Gasteiger partial charge is 0.246 e. The number of pyridine rings is 1. The molecule has 0 N–H and O–H groups in total. The zero-order valence-corrected chi connectivity index (χ0v) is 26.7. The standard InChI is InChI=1S/C36H32Cl2FN5O2/c1-2-32(45)43-13-10-30-31(43)19-44(30)34-25-14-28(38)24(23-8-3-6-21-7-4-9-27(37)33(21)23)15-29(25)41-35(26(34)17-40)46-20-36-11-5-12-42(36)18-22(39)16-36/h2-4,6-9,14-15,22,30-31H,1,5,10-13,16,18-20H2/t22-,30-,31-,36+/m1/s1. The van der Waals surface area contributed by atoms with Crippen LogP contribution >= 0.6 is 23.2 Å². The van der Waals surface area contributed by atoms with Crippen LogP contribution in [0, 0.1) is 11.3 Å². The molecule has 7 nitrogen and oxygen atoms in total. The number of hydrogen-bond acceptors (Lipinski definition) is 6. The highest BCUT2D eigenvalue weighted by atomic mass is 35.5. The summed E-state index contributed by atoms with van der Waals surface area (Å²) in [5.41, 5.74) is 2.91. The third-order valence-corrected chi connectivity index (χ3v) is 11.2. The van der Waals surface area contributed by atoms with Crippen LogP contribution in [0.1, 0.15) is 31.2 Å². The molecule has 3 aromatic carbocycles. The summed E-state index contributed by atoms with van der Waals surface area (Å²) in [5, 5.41) is 14.4. The number of anilines is 1. The second kappa shape index (κ2) is 11.1. The van der Waals surface area contributed by atoms with Crippen molar-refractivity contribution in [2.24, 2.45) is 0 Å². The zero-order chi connectivity index (χ0) is 31.7. The van der Waals surface area contributed by atoms with E-state index in [1.165, 1.54) is 6.08 Å². The molecule has 4 saturated heterocycles. The number of nitriles is 1. The first-order valence-electron chi connectivity index (χ1n) is 15.8. The molecule has 0 saturated carbocycles. The maximum Gasteiger partial charge on any atom is 0.246 e. The minimum atomic E-state index is -0.890. The van der Waals surface area contributed by atoms with E-state index in [-0.39, 0.29) is 30.5 Å². The highest BCUT2D eigenvalue weighted by Gasteiger charge is 2.51. The molecule has 234 valence electrons. The van der Waals surface area contributed by atoms with Crippen LogP contribution in [0.25, 0.3) is 32.8 Å². The van der Waals surface area contributed by atoms with E-state index in [0.717, 1.165) is 53.1 Å². The number of likely N-dealkylation sites (tertiary alicyclic amines) is 1. The molecule has 4 aliphatic heterocycles. The number of nitrogens with zero attached hydrogens (tertiary/aromatic N) is 5. The number of carbonyl (C=O) groups is 1. The molecule has 5 heterocycles. The maximum atomic E-state index is 14.6. The molecular weight excluding hydrogens is 624 g/mol. The van der Waals surface area contributed by atoms with Crippen molar-refractivity contribution in [3.05, 3.63) is 76.8 Å². The van der Waals surface area contributed by atoms with E-state index in [2.05, 4.69) is 22.4 Å². The van der Waals surface area contributed by atoms with Crippen LogP contribution in [-0.4, -0.2) is 77.3 Å². The molecule has 0 radical (unpaired) electrons. The molecule has 4 aliphatic rings. The van der Waals surface area contributed by atoms with Gasteiger partial charge in [-0.15, -0.1) is 0 Å². The molecule has 0 bridgehead atoms. The van der Waals surface area contributed by atoms with Gasteiger partial charge in [-0.1, -0.05) is 60.1 Å². The molecule has 10 heteroatoms. The summed E-state index contributed by atoms with van der Waals surface area (Å²) in [6, 6.07) is 18.1. The Hall–Kier alpha value is -3.90. The van der Waals surface area contributed by atoms with Crippen LogP contribution in [0.4, 0.5) is 10.1 Å². The van der Waals surface area contributed by atoms with Crippen LogP contribution in [-0.2, 0) is 4.79 Å². The minimum absolute atomic E-state index is 0.0307. The lowest BCUT2D eigenvalue weighted by Gasteiger charge is -2.48. The zero-order valence-electron chi connectivity index (χ0n) is 25.2. The molecule has 0 spiro atoms. The first kappa shape index (κ1) is 29.5. The molecule has 4 aromatic rings. The van der Waals surface area contributed by atoms with E-state index in [1.54, 1.807) is 0 Å². The van der Waals surface area contributed by atoms with Gasteiger partial charge < -0.3 is 14.5 Å². The van der Waals surface area contributed by atoms with Crippen LogP contribution in [0.2, 0.25) is 10.0 Å². The van der Waals surface area contributed by atoms with Crippen LogP contribution in [0.15, 0.2) is 61.2 Å². The molecular formula is C36H32Cl2FN5O2. The van der Waals surface area contributed by atoms with Crippen molar-refractivity contribution < 1.29 is 13.9 Å². The fourth-order valence-corrected chi connectivity index (χ4v) is 8.94. The Bertz CT molecular complexity index is 1970. The van der Waals surface area contributed by atoms with Gasteiger partial charge in [-0.25, -0.2) is 9.37 Å². The summed E-state index contributed by atoms with van der Waals surface area (Å²) in [7, 11) is 0. The molecule has 1 aromatic heterocycles. The number of benzene rings is 3. The lowest BCUT2D eigenvalue weighted by Crippen LogP contribution is -2.63. The number of ether oxygens (including phenoxy) is 1. The van der Waals surface area contributed by atoms with Crippen molar-refractivity contribution in [2.45, 2.75) is 49.5 Å². The minimum Gasteiger partial charge on any atom is -0.475 e. The monoisotopic (exact) mass is 655 g/mol. The summed E-state index contributed by atoms with van der Waals surface area (Å²) < 4.78 is 21.1. The molecule has 8 rings (SSSR count). The predicted octanol–water partition coefficient (Wildman–Crippen LogP) is 7.16. The van der Waals surface area contributed by atoms with Crippen molar-refractivity contribution in [2.75, 3.05) is 37.7 Å². The number of carbonyl (C=O) groups excluding carboxylic acids is 1. The number of fused-ring (bicyclic) bond motifs is 4. The van der Waals surface area contributed by atoms with Gasteiger partial charge in [-0.3, -0.25) is 9.69 Å². The largest absolute Gasteiger partial charge is 0.475 e. The first-order chi connectivity index (χ1) is 22.3. The van der Waals surface area contributed by atoms with Crippen molar-refractivity contribution in [3.8, 4) is 23.1 Å². The van der Waals surface area contributed by atoms with E-state index in [0.29, 0.717) is 52.9 Å². The Balaban J connectivity index is 1.27. The fourth-order valence-electron chi connectivity index (χ4n) is 8.39. The Kier molecular flexibility index (Phi) is 7.13. The number of amides is 1. The van der Waals surface area contributed by atoms with Crippen LogP contribution in [0.3, 0.4) is 0 Å². The first-order valence-corrected chi connectivity index (χ1v) is 16.5. The van der Waals surface area contributed by atoms with Crippen LogP contribution < -0.4 is 9.64 Å². The van der Waals surface area contributed by atoms with Gasteiger partial charge in [0.05, 0.1) is 28.8 Å². The van der Waals surface area contributed by atoms with Gasteiger partial charge in [0.25, 0.3) is 0 Å². The van der Waals surface area contributed by atoms with E-state index >= 15 is 0 Å². The third kappa shape index (κ3) is 4.47. The summed E-state index contributed by atoms with van der Waals surface area (Å²) in [6.45, 7) is 6.38. The number of hydrogen-bond donors (Lipinski definition) is 0. The molecule has 0 aliphatic carbocycles. The average Bonchev–Trinajstić information content (AvgIpc) is 3.68. The van der Waals surface area contributed by atoms with E-state index in [9.17, 15) is 14.4 Å². The van der Waals surface area contributed by atoms with E-state index in [1.807, 2.05) is 53.4 Å². The Morgan fingerprint density at radius 2 is 1.96 bits per heavy atom. The lowest BCUT2D eigenvalue weighted by atomic mass is 9.92. The Labute approximate surface area is 276 Å². The van der Waals surface area contributed by atoms with Crippen LogP contribution in [0.5, 0.6) is 5.88 Å². The summed E-state index contributed by atoms with van der Waals surface area (Å²) >= 11 is 13.8. The van der Waals surface area contributed by atoms with Gasteiger partial charge in [0, 0.05) is 52.4 Å². The summed E-state index contributed by atoms with van der Waals surface area (Å²) in [5.74, 6) is 0.152. The fraction of sp³-hybridized carbons (Fsp3) is 0.361. The van der Waals surface area contributed by atoms with Crippen molar-refractivity contribution in [3.63, 3.8) is 0 Å². The molecule has 0 unspecified atom stereocenters. The van der Waals surface area contributed by atoms with Gasteiger partial charge in [0.2, 0.25) is 11.8 Å². The number of aromatic nitrogens is 1. The predicted molar refractivity (Wildman–Crippen MR) is 179 cm³/mol. The molecule has 4 fully saturated rings. The van der Waals surface area contributed by atoms with Gasteiger partial charge in [0.1, 0.15) is 24.4 Å². The molecule has 1 amide bonds. The number of rotatable bonds is 6. The second-order valence-corrected chi connectivity index (χ2v) is 13.7. The quantitative estimate of drug-likeness (QED) is 0.205. The summed E-state index contributed by atoms with van der Waals surface area (Å²) in [4.78, 5) is 23.7. The average molecular weight is 657 g/mol. The normalized spacial score (nSPS) is 25.4. The van der Waals surface area contributed by atoms with Gasteiger partial charge in [-0.2, -0.15) is 5.26 Å². The Morgan fingerprint density at radius 3 is 2.76 bits per heavy atom. The SMILES string of the molecule is C=CC(=O)N1CC[C@@H]2[C@H]1CN2c1c(C#N)c(OC[C@@]23CCCN2C[C@H](F)C3)nc2cc(-c3cccc4cccc(Cl)c34)c(Cl)cc12. The van der Waals surface area contributed by atoms with Crippen molar-refractivity contribution >= 4 is 56.5 Å². The topological polar surface area (TPSA) is 72.7 Å². The second-order valence-electron chi connectivity index (χ2n) is 12.9. The van der Waals surface area contributed by atoms with Gasteiger partial charge >= 0.3 is 0 Å². The maximum absolute atomic E-state index is 14.6. The Morgan fingerprint density at radius 1 is 1.13 bits per heavy atom. The van der Waals surface area contributed by atoms with Gasteiger partial charge in [-0.05, 0) is 61.0 Å². The van der Waals surface area contributed by atoms with Crippen molar-refractivity contribution in [1.82, 2.24) is 14.8 Å². The lowest BCUT2D eigenvalue weighted by molar-refractivity contribution is -0.127. The highest BCUT2D eigenvalue weighted by molar-refractivity contribution is 6.38. The number of halogens is 3. The third-order valence-electron chi connectivity index (χ3n) is 10.5.